The van der Waals surface area contributed by atoms with Crippen molar-refractivity contribution in [3.8, 4) is 0 Å². The van der Waals surface area contributed by atoms with Gasteiger partial charge in [0.05, 0.1) is 9.79 Å². The number of hydrogen-bond donors (Lipinski definition) is 0. The molecule has 0 radical (unpaired) electrons. The van der Waals surface area contributed by atoms with Crippen LogP contribution in [-0.2, 0) is 9.84 Å². The summed E-state index contributed by atoms with van der Waals surface area (Å²) < 4.78 is 37.6. The minimum Gasteiger partial charge on any atom is -0.219 e. The summed E-state index contributed by atoms with van der Waals surface area (Å²) in [5.41, 5.74) is 0.428. The third kappa shape index (κ3) is 3.41. The second kappa shape index (κ2) is 6.48. The SMILES string of the molecule is CC.Cc1ccc(S(=O)(=O)c2ccccc2)cc1F. The molecule has 19 heavy (non-hydrogen) atoms. The molecule has 0 aliphatic rings. The van der Waals surface area contributed by atoms with E-state index in [0.29, 0.717) is 5.56 Å². The second-order valence-corrected chi connectivity index (χ2v) is 5.68. The fraction of sp³-hybridized carbons (Fsp3) is 0.200. The largest absolute Gasteiger partial charge is 0.219 e. The van der Waals surface area contributed by atoms with Crippen LogP contribution in [0, 0.1) is 12.7 Å². The lowest BCUT2D eigenvalue weighted by atomic mass is 10.2. The maximum atomic E-state index is 13.4. The van der Waals surface area contributed by atoms with Crippen LogP contribution in [0.2, 0.25) is 0 Å². The normalized spacial score (nSPS) is 10.5. The van der Waals surface area contributed by atoms with E-state index in [9.17, 15) is 12.8 Å². The van der Waals surface area contributed by atoms with E-state index < -0.39 is 15.7 Å². The minimum absolute atomic E-state index is 0.0215. The Hall–Kier alpha value is -1.68. The molecule has 0 saturated carbocycles. The van der Waals surface area contributed by atoms with Crippen molar-refractivity contribution in [2.24, 2.45) is 0 Å². The van der Waals surface area contributed by atoms with Gasteiger partial charge in [0.25, 0.3) is 0 Å². The first-order chi connectivity index (χ1) is 9.01. The summed E-state index contributed by atoms with van der Waals surface area (Å²) >= 11 is 0. The molecule has 0 atom stereocenters. The van der Waals surface area contributed by atoms with Crippen LogP contribution in [0.1, 0.15) is 19.4 Å². The smallest absolute Gasteiger partial charge is 0.206 e. The van der Waals surface area contributed by atoms with Crippen LogP contribution in [0.3, 0.4) is 0 Å². The Morgan fingerprint density at radius 3 is 2.00 bits per heavy atom. The third-order valence-corrected chi connectivity index (χ3v) is 4.27. The lowest BCUT2D eigenvalue weighted by molar-refractivity contribution is 0.589. The van der Waals surface area contributed by atoms with Gasteiger partial charge >= 0.3 is 0 Å². The van der Waals surface area contributed by atoms with Gasteiger partial charge in [0.2, 0.25) is 9.84 Å². The number of sulfone groups is 1. The van der Waals surface area contributed by atoms with E-state index in [-0.39, 0.29) is 9.79 Å². The standard InChI is InChI=1S/C13H11FO2S.C2H6/c1-10-7-8-12(9-13(10)14)17(15,16)11-5-3-2-4-6-11;1-2/h2-9H,1H3;1-2H3. The van der Waals surface area contributed by atoms with Crippen LogP contribution < -0.4 is 0 Å². The van der Waals surface area contributed by atoms with Crippen molar-refractivity contribution in [3.63, 3.8) is 0 Å². The van der Waals surface area contributed by atoms with Gasteiger partial charge in [0.1, 0.15) is 5.82 Å². The van der Waals surface area contributed by atoms with Crippen molar-refractivity contribution in [1.82, 2.24) is 0 Å². The van der Waals surface area contributed by atoms with Gasteiger partial charge in [-0.25, -0.2) is 12.8 Å². The maximum Gasteiger partial charge on any atom is 0.206 e. The van der Waals surface area contributed by atoms with Crippen molar-refractivity contribution in [2.75, 3.05) is 0 Å². The average molecular weight is 280 g/mol. The third-order valence-electron chi connectivity index (χ3n) is 2.51. The second-order valence-electron chi connectivity index (χ2n) is 3.73. The molecule has 0 bridgehead atoms. The predicted octanol–water partition coefficient (Wildman–Crippen LogP) is 3.99. The van der Waals surface area contributed by atoms with Crippen LogP contribution in [-0.4, -0.2) is 8.42 Å². The maximum absolute atomic E-state index is 13.4. The van der Waals surface area contributed by atoms with Gasteiger partial charge in [-0.2, -0.15) is 0 Å². The van der Waals surface area contributed by atoms with Crippen LogP contribution in [0.4, 0.5) is 4.39 Å². The van der Waals surface area contributed by atoms with E-state index in [2.05, 4.69) is 0 Å². The summed E-state index contributed by atoms with van der Waals surface area (Å²) in [6, 6.07) is 11.9. The van der Waals surface area contributed by atoms with Crippen LogP contribution in [0.5, 0.6) is 0 Å². The number of halogens is 1. The number of hydrogen-bond acceptors (Lipinski definition) is 2. The van der Waals surface area contributed by atoms with Gasteiger partial charge in [-0.1, -0.05) is 38.1 Å². The Labute approximate surface area is 113 Å². The predicted molar refractivity (Wildman–Crippen MR) is 74.4 cm³/mol. The Kier molecular flexibility index (Phi) is 5.24. The molecule has 0 aliphatic carbocycles. The molecule has 0 saturated heterocycles. The van der Waals surface area contributed by atoms with Crippen molar-refractivity contribution in [2.45, 2.75) is 30.6 Å². The lowest BCUT2D eigenvalue weighted by Crippen LogP contribution is -2.02. The molecule has 4 heteroatoms. The molecule has 0 aromatic heterocycles. The monoisotopic (exact) mass is 280 g/mol. The summed E-state index contributed by atoms with van der Waals surface area (Å²) in [5.74, 6) is -0.512. The van der Waals surface area contributed by atoms with Gasteiger partial charge < -0.3 is 0 Å². The molecule has 0 aliphatic heterocycles. The first-order valence-electron chi connectivity index (χ1n) is 6.08. The molecule has 0 spiro atoms. The molecule has 2 aromatic rings. The molecule has 2 nitrogen and oxygen atoms in total. The Morgan fingerprint density at radius 2 is 1.47 bits per heavy atom. The first-order valence-corrected chi connectivity index (χ1v) is 7.56. The van der Waals surface area contributed by atoms with Crippen molar-refractivity contribution < 1.29 is 12.8 Å². The highest BCUT2D eigenvalue weighted by molar-refractivity contribution is 7.91. The molecule has 0 heterocycles. The molecule has 0 amide bonds. The van der Waals surface area contributed by atoms with E-state index in [1.54, 1.807) is 25.1 Å². The highest BCUT2D eigenvalue weighted by atomic mass is 32.2. The van der Waals surface area contributed by atoms with Crippen LogP contribution >= 0.6 is 0 Å². The summed E-state index contributed by atoms with van der Waals surface area (Å²) in [5, 5.41) is 0. The summed E-state index contributed by atoms with van der Waals surface area (Å²) in [4.78, 5) is 0.148. The fourth-order valence-electron chi connectivity index (χ4n) is 1.48. The van der Waals surface area contributed by atoms with Crippen molar-refractivity contribution >= 4 is 9.84 Å². The fourth-order valence-corrected chi connectivity index (χ4v) is 2.77. The summed E-state index contributed by atoms with van der Waals surface area (Å²) in [7, 11) is -3.62. The zero-order valence-corrected chi connectivity index (χ0v) is 12.0. The Balaban J connectivity index is 0.000000861. The molecule has 102 valence electrons. The van der Waals surface area contributed by atoms with E-state index in [4.69, 9.17) is 0 Å². The number of aryl methyl sites for hydroxylation is 1. The quantitative estimate of drug-likeness (QED) is 0.833. The average Bonchev–Trinajstić information content (AvgIpc) is 2.45. The highest BCUT2D eigenvalue weighted by Crippen LogP contribution is 2.22. The highest BCUT2D eigenvalue weighted by Gasteiger charge is 2.17. The molecule has 0 N–H and O–H groups in total. The first kappa shape index (κ1) is 15.4. The Bertz CT molecular complexity index is 634. The van der Waals surface area contributed by atoms with E-state index >= 15 is 0 Å². The van der Waals surface area contributed by atoms with E-state index in [1.807, 2.05) is 13.8 Å². The van der Waals surface area contributed by atoms with Gasteiger partial charge in [-0.3, -0.25) is 0 Å². The van der Waals surface area contributed by atoms with Crippen molar-refractivity contribution in [1.29, 1.82) is 0 Å². The summed E-state index contributed by atoms with van der Waals surface area (Å²) in [6.07, 6.45) is 0. The van der Waals surface area contributed by atoms with Gasteiger partial charge in [-0.15, -0.1) is 0 Å². The Morgan fingerprint density at radius 1 is 0.895 bits per heavy atom. The van der Waals surface area contributed by atoms with Crippen LogP contribution in [0.25, 0.3) is 0 Å². The van der Waals surface area contributed by atoms with E-state index in [1.165, 1.54) is 24.3 Å². The molecular formula is C15H17FO2S. The van der Waals surface area contributed by atoms with Gasteiger partial charge in [0, 0.05) is 0 Å². The summed E-state index contributed by atoms with van der Waals surface area (Å²) in [6.45, 7) is 5.59. The molecule has 0 unspecified atom stereocenters. The topological polar surface area (TPSA) is 34.1 Å². The number of rotatable bonds is 2. The van der Waals surface area contributed by atoms with Crippen LogP contribution in [0.15, 0.2) is 58.3 Å². The number of benzene rings is 2. The molecular weight excluding hydrogens is 263 g/mol. The lowest BCUT2D eigenvalue weighted by Gasteiger charge is -2.05. The molecule has 0 fully saturated rings. The molecule has 2 aromatic carbocycles. The van der Waals surface area contributed by atoms with Gasteiger partial charge in [-0.05, 0) is 36.8 Å². The minimum atomic E-state index is -3.62. The zero-order valence-electron chi connectivity index (χ0n) is 11.2. The zero-order chi connectivity index (χ0) is 14.5. The van der Waals surface area contributed by atoms with Gasteiger partial charge in [0.15, 0.2) is 0 Å². The molecule has 2 rings (SSSR count). The van der Waals surface area contributed by atoms with E-state index in [0.717, 1.165) is 6.07 Å². The van der Waals surface area contributed by atoms with Crippen molar-refractivity contribution in [3.05, 3.63) is 59.9 Å².